The predicted octanol–water partition coefficient (Wildman–Crippen LogP) is 3.81. The molecule has 0 fully saturated rings. The van der Waals surface area contributed by atoms with Crippen molar-refractivity contribution in [2.45, 2.75) is 33.6 Å². The fourth-order valence-corrected chi connectivity index (χ4v) is 1.98. The standard InChI is InChI=1S/C15H24FN/c1-11(2)9-17-10-15(12(3)4)13-5-7-14(16)8-6-13/h5-8,11-12,15,17H,9-10H2,1-4H3. The average molecular weight is 237 g/mol. The average Bonchev–Trinajstić information content (AvgIpc) is 2.25. The van der Waals surface area contributed by atoms with E-state index in [0.29, 0.717) is 17.8 Å². The Morgan fingerprint density at radius 2 is 1.59 bits per heavy atom. The summed E-state index contributed by atoms with van der Waals surface area (Å²) in [6, 6.07) is 6.90. The third-order valence-corrected chi connectivity index (χ3v) is 3.02. The topological polar surface area (TPSA) is 12.0 Å². The van der Waals surface area contributed by atoms with E-state index in [9.17, 15) is 4.39 Å². The van der Waals surface area contributed by atoms with E-state index in [0.717, 1.165) is 13.1 Å². The lowest BCUT2D eigenvalue weighted by atomic mass is 9.88. The summed E-state index contributed by atoms with van der Waals surface area (Å²) in [5.74, 6) is 1.51. The van der Waals surface area contributed by atoms with Crippen molar-refractivity contribution >= 4 is 0 Å². The summed E-state index contributed by atoms with van der Waals surface area (Å²) < 4.78 is 12.9. The number of hydrogen-bond acceptors (Lipinski definition) is 1. The molecule has 17 heavy (non-hydrogen) atoms. The monoisotopic (exact) mass is 237 g/mol. The maximum Gasteiger partial charge on any atom is 0.123 e. The highest BCUT2D eigenvalue weighted by molar-refractivity contribution is 5.21. The predicted molar refractivity (Wildman–Crippen MR) is 71.7 cm³/mol. The highest BCUT2D eigenvalue weighted by Gasteiger charge is 2.15. The number of hydrogen-bond donors (Lipinski definition) is 1. The fraction of sp³-hybridized carbons (Fsp3) is 0.600. The molecule has 1 rings (SSSR count). The van der Waals surface area contributed by atoms with E-state index in [2.05, 4.69) is 33.0 Å². The van der Waals surface area contributed by atoms with Crippen molar-refractivity contribution in [2.75, 3.05) is 13.1 Å². The van der Waals surface area contributed by atoms with Crippen molar-refractivity contribution in [3.05, 3.63) is 35.6 Å². The molecule has 0 saturated carbocycles. The van der Waals surface area contributed by atoms with Crippen LogP contribution in [0.5, 0.6) is 0 Å². The molecule has 0 spiro atoms. The van der Waals surface area contributed by atoms with E-state index in [4.69, 9.17) is 0 Å². The minimum absolute atomic E-state index is 0.161. The zero-order valence-corrected chi connectivity index (χ0v) is 11.3. The van der Waals surface area contributed by atoms with Crippen molar-refractivity contribution in [3.63, 3.8) is 0 Å². The molecule has 0 saturated heterocycles. The minimum Gasteiger partial charge on any atom is -0.316 e. The lowest BCUT2D eigenvalue weighted by molar-refractivity contribution is 0.441. The molecular formula is C15H24FN. The van der Waals surface area contributed by atoms with Crippen molar-refractivity contribution in [2.24, 2.45) is 11.8 Å². The van der Waals surface area contributed by atoms with Crippen LogP contribution in [0.15, 0.2) is 24.3 Å². The first-order valence-corrected chi connectivity index (χ1v) is 6.47. The molecule has 0 aromatic heterocycles. The first-order valence-electron chi connectivity index (χ1n) is 6.47. The molecule has 0 amide bonds. The smallest absolute Gasteiger partial charge is 0.123 e. The van der Waals surface area contributed by atoms with Crippen LogP contribution < -0.4 is 5.32 Å². The number of benzene rings is 1. The highest BCUT2D eigenvalue weighted by Crippen LogP contribution is 2.23. The van der Waals surface area contributed by atoms with Gasteiger partial charge in [0.15, 0.2) is 0 Å². The van der Waals surface area contributed by atoms with Gasteiger partial charge in [0, 0.05) is 6.54 Å². The van der Waals surface area contributed by atoms with Gasteiger partial charge in [0.2, 0.25) is 0 Å². The van der Waals surface area contributed by atoms with Crippen molar-refractivity contribution in [3.8, 4) is 0 Å². The normalized spacial score (nSPS) is 13.4. The van der Waals surface area contributed by atoms with Gasteiger partial charge in [-0.15, -0.1) is 0 Å². The number of halogens is 1. The summed E-state index contributed by atoms with van der Waals surface area (Å²) in [5, 5.41) is 3.49. The molecule has 0 aliphatic heterocycles. The summed E-state index contributed by atoms with van der Waals surface area (Å²) in [5.41, 5.74) is 1.22. The van der Waals surface area contributed by atoms with Crippen LogP contribution in [-0.2, 0) is 0 Å². The largest absolute Gasteiger partial charge is 0.316 e. The lowest BCUT2D eigenvalue weighted by Gasteiger charge is -2.22. The van der Waals surface area contributed by atoms with Crippen LogP contribution in [0.1, 0.15) is 39.2 Å². The van der Waals surface area contributed by atoms with Crippen LogP contribution in [-0.4, -0.2) is 13.1 Å². The molecule has 1 aromatic carbocycles. The van der Waals surface area contributed by atoms with E-state index < -0.39 is 0 Å². The van der Waals surface area contributed by atoms with Crippen LogP contribution in [0, 0.1) is 17.7 Å². The minimum atomic E-state index is -0.161. The van der Waals surface area contributed by atoms with E-state index in [1.807, 2.05) is 12.1 Å². The van der Waals surface area contributed by atoms with Gasteiger partial charge in [0.1, 0.15) is 5.82 Å². The molecule has 0 heterocycles. The Bertz CT molecular complexity index is 316. The quantitative estimate of drug-likeness (QED) is 0.793. The van der Waals surface area contributed by atoms with Crippen molar-refractivity contribution < 1.29 is 4.39 Å². The van der Waals surface area contributed by atoms with Gasteiger partial charge in [-0.2, -0.15) is 0 Å². The maximum absolute atomic E-state index is 12.9. The summed E-state index contributed by atoms with van der Waals surface area (Å²) in [7, 11) is 0. The van der Waals surface area contributed by atoms with E-state index >= 15 is 0 Å². The number of nitrogens with one attached hydrogen (secondary N) is 1. The Morgan fingerprint density at radius 1 is 1.00 bits per heavy atom. The molecule has 1 nitrogen and oxygen atoms in total. The zero-order chi connectivity index (χ0) is 12.8. The van der Waals surface area contributed by atoms with E-state index in [-0.39, 0.29) is 5.82 Å². The third kappa shape index (κ3) is 4.86. The van der Waals surface area contributed by atoms with Gasteiger partial charge < -0.3 is 5.32 Å². The van der Waals surface area contributed by atoms with Gasteiger partial charge in [-0.05, 0) is 42.0 Å². The molecule has 1 N–H and O–H groups in total. The molecule has 96 valence electrons. The maximum atomic E-state index is 12.9. The molecule has 1 atom stereocenters. The molecule has 1 unspecified atom stereocenters. The van der Waals surface area contributed by atoms with Crippen LogP contribution in [0.3, 0.4) is 0 Å². The van der Waals surface area contributed by atoms with Crippen molar-refractivity contribution in [1.29, 1.82) is 0 Å². The molecule has 0 radical (unpaired) electrons. The molecular weight excluding hydrogens is 213 g/mol. The highest BCUT2D eigenvalue weighted by atomic mass is 19.1. The van der Waals surface area contributed by atoms with E-state index in [1.54, 1.807) is 12.1 Å². The Morgan fingerprint density at radius 3 is 2.06 bits per heavy atom. The van der Waals surface area contributed by atoms with Gasteiger partial charge in [0.05, 0.1) is 0 Å². The molecule has 0 aliphatic rings. The molecule has 0 bridgehead atoms. The zero-order valence-electron chi connectivity index (χ0n) is 11.3. The van der Waals surface area contributed by atoms with E-state index in [1.165, 1.54) is 5.56 Å². The number of rotatable bonds is 6. The summed E-state index contributed by atoms with van der Waals surface area (Å²) in [4.78, 5) is 0. The Balaban J connectivity index is 2.62. The van der Waals surface area contributed by atoms with Gasteiger partial charge in [0.25, 0.3) is 0 Å². The second-order valence-corrected chi connectivity index (χ2v) is 5.45. The molecule has 0 aliphatic carbocycles. The second-order valence-electron chi connectivity index (χ2n) is 5.45. The Kier molecular flexibility index (Phi) is 5.63. The van der Waals surface area contributed by atoms with Crippen LogP contribution >= 0.6 is 0 Å². The SMILES string of the molecule is CC(C)CNCC(c1ccc(F)cc1)C(C)C. The lowest BCUT2D eigenvalue weighted by Crippen LogP contribution is -2.27. The second kappa shape index (κ2) is 6.75. The Hall–Kier alpha value is -0.890. The van der Waals surface area contributed by atoms with Crippen LogP contribution in [0.2, 0.25) is 0 Å². The van der Waals surface area contributed by atoms with Gasteiger partial charge in [-0.25, -0.2) is 4.39 Å². The molecule has 2 heteroatoms. The first-order chi connectivity index (χ1) is 8.00. The summed E-state index contributed by atoms with van der Waals surface area (Å²) >= 11 is 0. The summed E-state index contributed by atoms with van der Waals surface area (Å²) in [6.07, 6.45) is 0. The Labute approximate surface area is 104 Å². The molecule has 1 aromatic rings. The third-order valence-electron chi connectivity index (χ3n) is 3.02. The first kappa shape index (κ1) is 14.2. The van der Waals surface area contributed by atoms with Crippen LogP contribution in [0.4, 0.5) is 4.39 Å². The summed E-state index contributed by atoms with van der Waals surface area (Å²) in [6.45, 7) is 10.8. The van der Waals surface area contributed by atoms with Crippen molar-refractivity contribution in [1.82, 2.24) is 5.32 Å². The fourth-order valence-electron chi connectivity index (χ4n) is 1.98. The van der Waals surface area contributed by atoms with Gasteiger partial charge >= 0.3 is 0 Å². The van der Waals surface area contributed by atoms with Gasteiger partial charge in [-0.1, -0.05) is 39.8 Å². The van der Waals surface area contributed by atoms with Gasteiger partial charge in [-0.3, -0.25) is 0 Å². The van der Waals surface area contributed by atoms with Crippen LogP contribution in [0.25, 0.3) is 0 Å².